The molecule has 1 N–H and O–H groups in total. The lowest BCUT2D eigenvalue weighted by Crippen LogP contribution is -2.44. The number of anilines is 1. The van der Waals surface area contributed by atoms with E-state index in [1.807, 2.05) is 11.8 Å². The molecule has 0 saturated carbocycles. The van der Waals surface area contributed by atoms with E-state index in [4.69, 9.17) is 4.74 Å². The Labute approximate surface area is 141 Å². The molecule has 3 heterocycles. The molecule has 0 aromatic carbocycles. The van der Waals surface area contributed by atoms with E-state index in [-0.39, 0.29) is 30.7 Å². The number of rotatable bonds is 4. The lowest BCUT2D eigenvalue weighted by Gasteiger charge is -2.28. The third kappa shape index (κ3) is 3.38. The van der Waals surface area contributed by atoms with Crippen molar-refractivity contribution in [1.82, 2.24) is 14.7 Å². The minimum absolute atomic E-state index is 0.0282. The van der Waals surface area contributed by atoms with Gasteiger partial charge in [-0.05, 0) is 32.6 Å². The van der Waals surface area contributed by atoms with Crippen LogP contribution in [0.1, 0.15) is 31.4 Å². The first-order chi connectivity index (χ1) is 11.6. The molecule has 2 fully saturated rings. The van der Waals surface area contributed by atoms with Gasteiger partial charge in [0.15, 0.2) is 0 Å². The molecule has 1 aromatic rings. The maximum atomic E-state index is 12.7. The van der Waals surface area contributed by atoms with Crippen molar-refractivity contribution in [3.63, 3.8) is 0 Å². The van der Waals surface area contributed by atoms with Crippen LogP contribution in [0.4, 0.5) is 10.5 Å². The zero-order valence-electron chi connectivity index (χ0n) is 14.2. The number of nitrogens with one attached hydrogen (secondary N) is 1. The van der Waals surface area contributed by atoms with Crippen LogP contribution in [-0.4, -0.2) is 59.1 Å². The fourth-order valence-corrected chi connectivity index (χ4v) is 3.44. The van der Waals surface area contributed by atoms with Gasteiger partial charge in [-0.3, -0.25) is 9.48 Å². The van der Waals surface area contributed by atoms with E-state index in [1.54, 1.807) is 6.20 Å². The van der Waals surface area contributed by atoms with E-state index in [2.05, 4.69) is 15.2 Å². The van der Waals surface area contributed by atoms with Crippen LogP contribution in [0.3, 0.4) is 0 Å². The Kier molecular flexibility index (Phi) is 5.03. The third-order valence-electron chi connectivity index (χ3n) is 4.81. The average molecular weight is 336 g/mol. The summed E-state index contributed by atoms with van der Waals surface area (Å²) in [7, 11) is 1.34. The van der Waals surface area contributed by atoms with Crippen LogP contribution < -0.4 is 5.32 Å². The van der Waals surface area contributed by atoms with Crippen LogP contribution in [0.15, 0.2) is 6.20 Å². The number of hydrogen-bond acceptors (Lipinski definition) is 5. The van der Waals surface area contributed by atoms with Crippen LogP contribution >= 0.6 is 0 Å². The summed E-state index contributed by atoms with van der Waals surface area (Å²) in [6.45, 7) is 3.37. The van der Waals surface area contributed by atoms with E-state index in [0.29, 0.717) is 5.69 Å². The summed E-state index contributed by atoms with van der Waals surface area (Å²) >= 11 is 0. The van der Waals surface area contributed by atoms with Gasteiger partial charge in [0.2, 0.25) is 0 Å². The molecule has 8 nitrogen and oxygen atoms in total. The van der Waals surface area contributed by atoms with Gasteiger partial charge in [0.1, 0.15) is 6.54 Å². The van der Waals surface area contributed by atoms with Crippen molar-refractivity contribution in [2.75, 3.05) is 25.6 Å². The van der Waals surface area contributed by atoms with Gasteiger partial charge in [0, 0.05) is 13.2 Å². The predicted molar refractivity (Wildman–Crippen MR) is 86.7 cm³/mol. The van der Waals surface area contributed by atoms with Crippen molar-refractivity contribution in [1.29, 1.82) is 0 Å². The minimum Gasteiger partial charge on any atom is -0.468 e. The van der Waals surface area contributed by atoms with Gasteiger partial charge in [0.25, 0.3) is 0 Å². The molecule has 2 aliphatic heterocycles. The Balaban J connectivity index is 1.65. The first kappa shape index (κ1) is 16.8. The second kappa shape index (κ2) is 7.21. The fourth-order valence-electron chi connectivity index (χ4n) is 3.44. The van der Waals surface area contributed by atoms with Gasteiger partial charge in [0.05, 0.1) is 36.8 Å². The molecule has 132 valence electrons. The minimum atomic E-state index is -0.378. The standard InChI is InChI=1S/C16H24N4O4/c1-11-12(9-17-20(11)10-15(21)23-2)18-16(22)19-7-3-5-13(19)14-6-4-8-24-14/h9,13-14H,3-8,10H2,1-2H3,(H,18,22)/t13-,14-/m0/s1. The number of aromatic nitrogens is 2. The normalized spacial score (nSPS) is 23.5. The molecular weight excluding hydrogens is 312 g/mol. The van der Waals surface area contributed by atoms with Crippen LogP contribution in [-0.2, 0) is 20.8 Å². The quantitative estimate of drug-likeness (QED) is 0.843. The number of hydrogen-bond donors (Lipinski definition) is 1. The van der Waals surface area contributed by atoms with Crippen LogP contribution in [0.25, 0.3) is 0 Å². The Morgan fingerprint density at radius 1 is 1.42 bits per heavy atom. The first-order valence-corrected chi connectivity index (χ1v) is 8.38. The summed E-state index contributed by atoms with van der Waals surface area (Å²) in [6, 6.07) is 0.0200. The molecule has 24 heavy (non-hydrogen) atoms. The number of esters is 1. The highest BCUT2D eigenvalue weighted by atomic mass is 16.5. The predicted octanol–water partition coefficient (Wildman–Crippen LogP) is 1.54. The highest BCUT2D eigenvalue weighted by Gasteiger charge is 2.37. The summed E-state index contributed by atoms with van der Waals surface area (Å²) in [6.07, 6.45) is 5.78. The van der Waals surface area contributed by atoms with Crippen molar-refractivity contribution >= 4 is 17.7 Å². The molecule has 0 radical (unpaired) electrons. The van der Waals surface area contributed by atoms with Crippen molar-refractivity contribution in [2.45, 2.75) is 51.3 Å². The van der Waals surface area contributed by atoms with Crippen molar-refractivity contribution in [3.8, 4) is 0 Å². The SMILES string of the molecule is COC(=O)Cn1ncc(NC(=O)N2CCC[C@H]2[C@@H]2CCCO2)c1C. The Bertz CT molecular complexity index is 609. The lowest BCUT2D eigenvalue weighted by molar-refractivity contribution is -0.141. The monoisotopic (exact) mass is 336 g/mol. The van der Waals surface area contributed by atoms with E-state index in [0.717, 1.165) is 44.5 Å². The van der Waals surface area contributed by atoms with Gasteiger partial charge >= 0.3 is 12.0 Å². The molecular formula is C16H24N4O4. The summed E-state index contributed by atoms with van der Waals surface area (Å²) in [5.41, 5.74) is 1.34. The molecule has 1 aromatic heterocycles. The Morgan fingerprint density at radius 2 is 2.25 bits per heavy atom. The van der Waals surface area contributed by atoms with Crippen molar-refractivity contribution < 1.29 is 19.1 Å². The first-order valence-electron chi connectivity index (χ1n) is 8.38. The van der Waals surface area contributed by atoms with Crippen molar-refractivity contribution in [2.24, 2.45) is 0 Å². The molecule has 0 bridgehead atoms. The molecule has 2 saturated heterocycles. The molecule has 2 atom stereocenters. The lowest BCUT2D eigenvalue weighted by atomic mass is 10.1. The van der Waals surface area contributed by atoms with Crippen molar-refractivity contribution in [3.05, 3.63) is 11.9 Å². The number of carbonyl (C=O) groups is 2. The maximum absolute atomic E-state index is 12.7. The van der Waals surface area contributed by atoms with Gasteiger partial charge in [-0.15, -0.1) is 0 Å². The van der Waals surface area contributed by atoms with E-state index < -0.39 is 0 Å². The molecule has 0 aliphatic carbocycles. The second-order valence-electron chi connectivity index (χ2n) is 6.26. The molecule has 2 amide bonds. The van der Waals surface area contributed by atoms with E-state index >= 15 is 0 Å². The largest absolute Gasteiger partial charge is 0.468 e. The average Bonchev–Trinajstić information content (AvgIpc) is 3.30. The number of likely N-dealkylation sites (tertiary alicyclic amines) is 1. The molecule has 0 spiro atoms. The smallest absolute Gasteiger partial charge is 0.327 e. The summed E-state index contributed by atoms with van der Waals surface area (Å²) in [4.78, 5) is 25.9. The van der Waals surface area contributed by atoms with Crippen LogP contribution in [0.5, 0.6) is 0 Å². The molecule has 2 aliphatic rings. The Hall–Kier alpha value is -2.09. The number of methoxy groups -OCH3 is 1. The summed E-state index contributed by atoms with van der Waals surface area (Å²) < 4.78 is 11.9. The highest BCUT2D eigenvalue weighted by molar-refractivity contribution is 5.90. The number of nitrogens with zero attached hydrogens (tertiary/aromatic N) is 3. The van der Waals surface area contributed by atoms with E-state index in [1.165, 1.54) is 11.8 Å². The van der Waals surface area contributed by atoms with E-state index in [9.17, 15) is 9.59 Å². The molecule has 3 rings (SSSR count). The summed E-state index contributed by atoms with van der Waals surface area (Å²) in [5, 5.41) is 7.05. The fraction of sp³-hybridized carbons (Fsp3) is 0.688. The molecule has 8 heteroatoms. The summed E-state index contributed by atoms with van der Waals surface area (Å²) in [5.74, 6) is -0.378. The van der Waals surface area contributed by atoms with Gasteiger partial charge in [-0.2, -0.15) is 5.10 Å². The van der Waals surface area contributed by atoms with Crippen LogP contribution in [0, 0.1) is 6.92 Å². The van der Waals surface area contributed by atoms with Crippen LogP contribution in [0.2, 0.25) is 0 Å². The van der Waals surface area contributed by atoms with Gasteiger partial charge < -0.3 is 19.7 Å². The third-order valence-corrected chi connectivity index (χ3v) is 4.81. The number of ether oxygens (including phenoxy) is 2. The molecule has 0 unspecified atom stereocenters. The zero-order chi connectivity index (χ0) is 17.1. The van der Waals surface area contributed by atoms with Gasteiger partial charge in [-0.25, -0.2) is 4.79 Å². The Morgan fingerprint density at radius 3 is 2.96 bits per heavy atom. The number of carbonyl (C=O) groups excluding carboxylic acids is 2. The van der Waals surface area contributed by atoms with Gasteiger partial charge in [-0.1, -0.05) is 0 Å². The highest BCUT2D eigenvalue weighted by Crippen LogP contribution is 2.28. The maximum Gasteiger partial charge on any atom is 0.327 e. The number of amides is 2. The second-order valence-corrected chi connectivity index (χ2v) is 6.26. The topological polar surface area (TPSA) is 85.7 Å². The number of urea groups is 1. The zero-order valence-corrected chi connectivity index (χ0v) is 14.2.